The Kier molecular flexibility index (Phi) is 7.30. The Hall–Kier alpha value is -2.24. The monoisotopic (exact) mass is 393 g/mol. The summed E-state index contributed by atoms with van der Waals surface area (Å²) in [6.45, 7) is 4.03. The van der Waals surface area contributed by atoms with Crippen molar-refractivity contribution in [2.45, 2.75) is 26.3 Å². The first-order valence-electron chi connectivity index (χ1n) is 8.29. The van der Waals surface area contributed by atoms with Crippen molar-refractivity contribution in [1.29, 1.82) is 0 Å². The average molecular weight is 394 g/mol. The van der Waals surface area contributed by atoms with Gasteiger partial charge in [0.1, 0.15) is 0 Å². The van der Waals surface area contributed by atoms with Crippen LogP contribution in [0.2, 0.25) is 10.0 Å². The predicted molar refractivity (Wildman–Crippen MR) is 107 cm³/mol. The van der Waals surface area contributed by atoms with Crippen molar-refractivity contribution in [1.82, 2.24) is 5.32 Å². The van der Waals surface area contributed by atoms with Crippen LogP contribution in [0.3, 0.4) is 0 Å². The number of nitrogens with one attached hydrogen (secondary N) is 3. The molecule has 1 atom stereocenters. The summed E-state index contributed by atoms with van der Waals surface area (Å²) >= 11 is 12.0. The van der Waals surface area contributed by atoms with Crippen molar-refractivity contribution >= 4 is 46.4 Å². The fourth-order valence-corrected chi connectivity index (χ4v) is 2.47. The maximum absolute atomic E-state index is 12.0. The molecule has 2 aromatic carbocycles. The molecule has 0 heterocycles. The largest absolute Gasteiger partial charge is 0.376 e. The number of halogens is 2. The lowest BCUT2D eigenvalue weighted by Crippen LogP contribution is -2.31. The van der Waals surface area contributed by atoms with E-state index in [4.69, 9.17) is 23.2 Å². The first-order chi connectivity index (χ1) is 12.4. The maximum Gasteiger partial charge on any atom is 0.251 e. The lowest BCUT2D eigenvalue weighted by Gasteiger charge is -2.12. The summed E-state index contributed by atoms with van der Waals surface area (Å²) in [5.41, 5.74) is 1.77. The van der Waals surface area contributed by atoms with Crippen LogP contribution in [0.1, 0.15) is 30.6 Å². The minimum absolute atomic E-state index is 0.0568. The van der Waals surface area contributed by atoms with Gasteiger partial charge in [0.05, 0.1) is 22.3 Å². The summed E-state index contributed by atoms with van der Waals surface area (Å²) < 4.78 is 0. The van der Waals surface area contributed by atoms with Crippen molar-refractivity contribution in [2.75, 3.05) is 17.2 Å². The summed E-state index contributed by atoms with van der Waals surface area (Å²) in [6, 6.07) is 12.1. The number of anilines is 2. The number of amides is 2. The van der Waals surface area contributed by atoms with E-state index in [9.17, 15) is 9.59 Å². The smallest absolute Gasteiger partial charge is 0.251 e. The van der Waals surface area contributed by atoms with Gasteiger partial charge in [-0.05, 0) is 49.7 Å². The quantitative estimate of drug-likeness (QED) is 0.644. The van der Waals surface area contributed by atoms with Crippen molar-refractivity contribution in [3.63, 3.8) is 0 Å². The molecule has 0 saturated carbocycles. The summed E-state index contributed by atoms with van der Waals surface area (Å²) in [5.74, 6) is -0.369. The highest BCUT2D eigenvalue weighted by Gasteiger charge is 2.10. The number of hydrogen-bond acceptors (Lipinski definition) is 3. The van der Waals surface area contributed by atoms with Crippen molar-refractivity contribution < 1.29 is 9.59 Å². The van der Waals surface area contributed by atoms with Gasteiger partial charge in [0.2, 0.25) is 5.91 Å². The van der Waals surface area contributed by atoms with Crippen LogP contribution < -0.4 is 16.0 Å². The molecule has 2 amide bonds. The predicted octanol–water partition coefficient (Wildman–Crippen LogP) is 4.57. The van der Waals surface area contributed by atoms with Gasteiger partial charge in [0.25, 0.3) is 5.91 Å². The highest BCUT2D eigenvalue weighted by Crippen LogP contribution is 2.29. The van der Waals surface area contributed by atoms with Gasteiger partial charge in [-0.25, -0.2) is 0 Å². The number of hydrogen-bond donors (Lipinski definition) is 3. The second-order valence-corrected chi connectivity index (χ2v) is 6.65. The molecule has 0 radical (unpaired) electrons. The Morgan fingerprint density at radius 1 is 1.08 bits per heavy atom. The Balaban J connectivity index is 1.88. The molecule has 5 nitrogen and oxygen atoms in total. The van der Waals surface area contributed by atoms with Gasteiger partial charge >= 0.3 is 0 Å². The molecular weight excluding hydrogens is 373 g/mol. The topological polar surface area (TPSA) is 70.2 Å². The van der Waals surface area contributed by atoms with Gasteiger partial charge in [-0.15, -0.1) is 0 Å². The summed E-state index contributed by atoms with van der Waals surface area (Å²) in [5, 5.41) is 9.28. The number of carbonyl (C=O) groups is 2. The standard InChI is InChI=1S/C19H21Cl2N3O2/c1-3-12(2)23-19(26)13-7-9-14(10-8-13)22-11-17(25)24-16-6-4-5-15(20)18(16)21/h4-10,12,22H,3,11H2,1-2H3,(H,23,26)(H,24,25). The third kappa shape index (κ3) is 5.64. The van der Waals surface area contributed by atoms with Crippen molar-refractivity contribution in [2.24, 2.45) is 0 Å². The Labute approximate surface area is 163 Å². The molecule has 0 aliphatic heterocycles. The first-order valence-corrected chi connectivity index (χ1v) is 9.05. The third-order valence-electron chi connectivity index (χ3n) is 3.82. The van der Waals surface area contributed by atoms with E-state index in [2.05, 4.69) is 16.0 Å². The van der Waals surface area contributed by atoms with Gasteiger partial charge in [-0.2, -0.15) is 0 Å². The highest BCUT2D eigenvalue weighted by atomic mass is 35.5. The average Bonchev–Trinajstić information content (AvgIpc) is 2.64. The summed E-state index contributed by atoms with van der Waals surface area (Å²) in [6.07, 6.45) is 0.872. The highest BCUT2D eigenvalue weighted by molar-refractivity contribution is 6.44. The normalized spacial score (nSPS) is 11.5. The van der Waals surface area contributed by atoms with Gasteiger partial charge < -0.3 is 16.0 Å². The fraction of sp³-hybridized carbons (Fsp3) is 0.263. The van der Waals surface area contributed by atoms with Crippen LogP contribution in [0.25, 0.3) is 0 Å². The zero-order valence-corrected chi connectivity index (χ0v) is 16.1. The van der Waals surface area contributed by atoms with E-state index >= 15 is 0 Å². The van der Waals surface area contributed by atoms with Gasteiger partial charge in [0, 0.05) is 17.3 Å². The summed E-state index contributed by atoms with van der Waals surface area (Å²) in [7, 11) is 0. The Bertz CT molecular complexity index is 779. The van der Waals surface area contributed by atoms with Gasteiger partial charge in [-0.1, -0.05) is 36.2 Å². The van der Waals surface area contributed by atoms with Crippen LogP contribution in [0.15, 0.2) is 42.5 Å². The van der Waals surface area contributed by atoms with Crippen LogP contribution in [0.5, 0.6) is 0 Å². The van der Waals surface area contributed by atoms with Crippen LogP contribution >= 0.6 is 23.2 Å². The van der Waals surface area contributed by atoms with Gasteiger partial charge in [-0.3, -0.25) is 9.59 Å². The molecule has 0 bridgehead atoms. The number of benzene rings is 2. The molecule has 0 fully saturated rings. The molecular formula is C19H21Cl2N3O2. The molecule has 2 aromatic rings. The van der Waals surface area contributed by atoms with E-state index in [1.54, 1.807) is 42.5 Å². The minimum atomic E-state index is -0.257. The molecule has 0 aromatic heterocycles. The molecule has 0 spiro atoms. The lowest BCUT2D eigenvalue weighted by atomic mass is 10.1. The van der Waals surface area contributed by atoms with Crippen LogP contribution in [0.4, 0.5) is 11.4 Å². The number of carbonyl (C=O) groups excluding carboxylic acids is 2. The SMILES string of the molecule is CCC(C)NC(=O)c1ccc(NCC(=O)Nc2cccc(Cl)c2Cl)cc1. The van der Waals surface area contributed by atoms with Crippen LogP contribution in [0, 0.1) is 0 Å². The Morgan fingerprint density at radius 3 is 2.42 bits per heavy atom. The zero-order valence-electron chi connectivity index (χ0n) is 14.6. The third-order valence-corrected chi connectivity index (χ3v) is 4.63. The molecule has 0 saturated heterocycles. The van der Waals surface area contributed by atoms with Gasteiger partial charge in [0.15, 0.2) is 0 Å². The zero-order chi connectivity index (χ0) is 19.1. The second-order valence-electron chi connectivity index (χ2n) is 5.86. The second kappa shape index (κ2) is 9.46. The van der Waals surface area contributed by atoms with Crippen molar-refractivity contribution in [3.8, 4) is 0 Å². The molecule has 138 valence electrons. The summed E-state index contributed by atoms with van der Waals surface area (Å²) in [4.78, 5) is 24.1. The molecule has 1 unspecified atom stereocenters. The van der Waals surface area contributed by atoms with E-state index in [1.165, 1.54) is 0 Å². The van der Waals surface area contributed by atoms with E-state index in [1.807, 2.05) is 13.8 Å². The molecule has 3 N–H and O–H groups in total. The molecule has 26 heavy (non-hydrogen) atoms. The lowest BCUT2D eigenvalue weighted by molar-refractivity contribution is -0.114. The van der Waals surface area contributed by atoms with Crippen LogP contribution in [-0.2, 0) is 4.79 Å². The molecule has 7 heteroatoms. The first kappa shape index (κ1) is 20.1. The fourth-order valence-electron chi connectivity index (χ4n) is 2.13. The van der Waals surface area contributed by atoms with Crippen molar-refractivity contribution in [3.05, 3.63) is 58.1 Å². The molecule has 0 aliphatic rings. The molecule has 0 aliphatic carbocycles. The van der Waals surface area contributed by atoms with Crippen LogP contribution in [-0.4, -0.2) is 24.4 Å². The van der Waals surface area contributed by atoms with E-state index in [-0.39, 0.29) is 24.4 Å². The molecule has 2 rings (SSSR count). The van der Waals surface area contributed by atoms with E-state index < -0.39 is 0 Å². The minimum Gasteiger partial charge on any atom is -0.376 e. The maximum atomic E-state index is 12.0. The Morgan fingerprint density at radius 2 is 1.77 bits per heavy atom. The van der Waals surface area contributed by atoms with E-state index in [0.29, 0.717) is 21.3 Å². The van der Waals surface area contributed by atoms with E-state index in [0.717, 1.165) is 12.1 Å². The number of rotatable bonds is 7.